The zero-order valence-electron chi connectivity index (χ0n) is 12.5. The van der Waals surface area contributed by atoms with Crippen LogP contribution in [-0.4, -0.2) is 31.8 Å². The Morgan fingerprint density at radius 1 is 1.22 bits per heavy atom. The lowest BCUT2D eigenvalue weighted by molar-refractivity contribution is -0.153. The normalized spacial score (nSPS) is 15.6. The van der Waals surface area contributed by atoms with Crippen LogP contribution >= 0.6 is 12.4 Å². The number of amides is 1. The van der Waals surface area contributed by atoms with Crippen LogP contribution in [0.25, 0.3) is 0 Å². The topological polar surface area (TPSA) is 50.4 Å². The highest BCUT2D eigenvalue weighted by Gasteiger charge is 2.28. The van der Waals surface area contributed by atoms with Crippen LogP contribution in [0, 0.1) is 5.92 Å². The van der Waals surface area contributed by atoms with E-state index < -0.39 is 12.8 Å². The summed E-state index contributed by atoms with van der Waals surface area (Å²) in [5, 5.41) is 6.06. The van der Waals surface area contributed by atoms with Crippen molar-refractivity contribution < 1.29 is 22.7 Å². The van der Waals surface area contributed by atoms with Crippen molar-refractivity contribution in [3.05, 3.63) is 29.8 Å². The van der Waals surface area contributed by atoms with Crippen LogP contribution in [0.4, 0.5) is 13.2 Å². The van der Waals surface area contributed by atoms with E-state index in [1.54, 1.807) is 12.1 Å². The van der Waals surface area contributed by atoms with E-state index in [9.17, 15) is 18.0 Å². The van der Waals surface area contributed by atoms with Gasteiger partial charge in [-0.3, -0.25) is 4.79 Å². The maximum atomic E-state index is 12.0. The van der Waals surface area contributed by atoms with Gasteiger partial charge in [0.15, 0.2) is 6.61 Å². The van der Waals surface area contributed by atoms with Crippen LogP contribution < -0.4 is 15.4 Å². The zero-order valence-corrected chi connectivity index (χ0v) is 13.3. The minimum atomic E-state index is -4.35. The Morgan fingerprint density at radius 3 is 2.39 bits per heavy atom. The first-order chi connectivity index (χ1) is 10.4. The van der Waals surface area contributed by atoms with Gasteiger partial charge in [-0.05, 0) is 43.6 Å². The monoisotopic (exact) mass is 352 g/mol. The van der Waals surface area contributed by atoms with E-state index in [-0.39, 0.29) is 30.0 Å². The Hall–Kier alpha value is -1.47. The van der Waals surface area contributed by atoms with Gasteiger partial charge < -0.3 is 15.4 Å². The van der Waals surface area contributed by atoms with E-state index in [1.165, 1.54) is 12.1 Å². The molecule has 0 radical (unpaired) electrons. The summed E-state index contributed by atoms with van der Waals surface area (Å²) in [5.74, 6) is 0.222. The molecule has 1 fully saturated rings. The van der Waals surface area contributed by atoms with Crippen LogP contribution in [0.2, 0.25) is 0 Å². The summed E-state index contributed by atoms with van der Waals surface area (Å²) in [6.45, 7) is 0.758. The standard InChI is InChI=1S/C15H19F3N2O2.ClH/c16-15(17,18)10-22-13-3-1-11(2-4-13)9-20-14(21)12-5-7-19-8-6-12;/h1-4,12,19H,5-10H2,(H,20,21);1H. The predicted octanol–water partition coefficient (Wildman–Crippen LogP) is 2.67. The number of rotatable bonds is 5. The van der Waals surface area contributed by atoms with Gasteiger partial charge in [0.25, 0.3) is 0 Å². The number of carbonyl (C=O) groups excluding carboxylic acids is 1. The van der Waals surface area contributed by atoms with Crippen LogP contribution in [0.15, 0.2) is 24.3 Å². The minimum absolute atomic E-state index is 0. The molecule has 1 saturated heterocycles. The number of hydrogen-bond donors (Lipinski definition) is 2. The maximum absolute atomic E-state index is 12.0. The molecule has 1 aromatic carbocycles. The molecule has 0 aromatic heterocycles. The molecule has 8 heteroatoms. The van der Waals surface area contributed by atoms with Gasteiger partial charge in [0.05, 0.1) is 0 Å². The second kappa shape index (κ2) is 8.98. The lowest BCUT2D eigenvalue weighted by Crippen LogP contribution is -2.37. The molecule has 0 bridgehead atoms. The van der Waals surface area contributed by atoms with Crippen molar-refractivity contribution in [2.24, 2.45) is 5.92 Å². The number of carbonyl (C=O) groups is 1. The predicted molar refractivity (Wildman–Crippen MR) is 82.7 cm³/mol. The number of benzene rings is 1. The number of halogens is 4. The van der Waals surface area contributed by atoms with Gasteiger partial charge in [-0.1, -0.05) is 12.1 Å². The van der Waals surface area contributed by atoms with Gasteiger partial charge in [-0.2, -0.15) is 13.2 Å². The summed E-state index contributed by atoms with van der Waals surface area (Å²) >= 11 is 0. The van der Waals surface area contributed by atoms with Crippen molar-refractivity contribution in [3.8, 4) is 5.75 Å². The smallest absolute Gasteiger partial charge is 0.422 e. The first kappa shape index (κ1) is 19.6. The van der Waals surface area contributed by atoms with E-state index in [4.69, 9.17) is 0 Å². The van der Waals surface area contributed by atoms with Crippen molar-refractivity contribution in [1.29, 1.82) is 0 Å². The third-order valence-corrected chi connectivity index (χ3v) is 3.50. The molecule has 1 heterocycles. The SMILES string of the molecule is Cl.O=C(NCc1ccc(OCC(F)(F)F)cc1)C1CCNCC1. The molecule has 23 heavy (non-hydrogen) atoms. The lowest BCUT2D eigenvalue weighted by Gasteiger charge is -2.21. The fraction of sp³-hybridized carbons (Fsp3) is 0.533. The van der Waals surface area contributed by atoms with Gasteiger partial charge >= 0.3 is 6.18 Å². The summed E-state index contributed by atoms with van der Waals surface area (Å²) in [4.78, 5) is 12.0. The maximum Gasteiger partial charge on any atom is 0.422 e. The molecule has 2 N–H and O–H groups in total. The molecular formula is C15H20ClF3N2O2. The molecule has 0 aliphatic carbocycles. The fourth-order valence-electron chi connectivity index (χ4n) is 2.29. The van der Waals surface area contributed by atoms with Gasteiger partial charge in [-0.25, -0.2) is 0 Å². The summed E-state index contributed by atoms with van der Waals surface area (Å²) < 4.78 is 40.7. The summed E-state index contributed by atoms with van der Waals surface area (Å²) in [5.41, 5.74) is 0.821. The van der Waals surface area contributed by atoms with Crippen molar-refractivity contribution in [1.82, 2.24) is 10.6 Å². The van der Waals surface area contributed by atoms with E-state index in [0.717, 1.165) is 31.5 Å². The van der Waals surface area contributed by atoms with E-state index >= 15 is 0 Å². The number of alkyl halides is 3. The molecule has 0 unspecified atom stereocenters. The van der Waals surface area contributed by atoms with Gasteiger partial charge in [0.2, 0.25) is 5.91 Å². The zero-order chi connectivity index (χ0) is 16.0. The Labute approximate surface area is 139 Å². The molecule has 2 rings (SSSR count). The van der Waals surface area contributed by atoms with E-state index in [0.29, 0.717) is 6.54 Å². The molecule has 1 aliphatic rings. The molecule has 1 amide bonds. The highest BCUT2D eigenvalue weighted by Crippen LogP contribution is 2.19. The summed E-state index contributed by atoms with van der Waals surface area (Å²) in [7, 11) is 0. The molecular weight excluding hydrogens is 333 g/mol. The largest absolute Gasteiger partial charge is 0.484 e. The molecule has 1 aromatic rings. The molecule has 0 spiro atoms. The van der Waals surface area contributed by atoms with E-state index in [2.05, 4.69) is 15.4 Å². The van der Waals surface area contributed by atoms with Crippen molar-refractivity contribution in [2.75, 3.05) is 19.7 Å². The van der Waals surface area contributed by atoms with Crippen molar-refractivity contribution in [2.45, 2.75) is 25.6 Å². The minimum Gasteiger partial charge on any atom is -0.484 e. The summed E-state index contributed by atoms with van der Waals surface area (Å²) in [6.07, 6.45) is -2.69. The number of nitrogens with one attached hydrogen (secondary N) is 2. The quantitative estimate of drug-likeness (QED) is 0.856. The van der Waals surface area contributed by atoms with Gasteiger partial charge in [-0.15, -0.1) is 12.4 Å². The second-order valence-electron chi connectivity index (χ2n) is 5.29. The average molecular weight is 353 g/mol. The Balaban J connectivity index is 0.00000264. The summed E-state index contributed by atoms with van der Waals surface area (Å²) in [6, 6.07) is 6.23. The van der Waals surface area contributed by atoms with Gasteiger partial charge in [0, 0.05) is 12.5 Å². The third kappa shape index (κ3) is 7.09. The average Bonchev–Trinajstić information content (AvgIpc) is 2.52. The number of hydrogen-bond acceptors (Lipinski definition) is 3. The lowest BCUT2D eigenvalue weighted by atomic mass is 9.97. The fourth-order valence-corrected chi connectivity index (χ4v) is 2.29. The van der Waals surface area contributed by atoms with Gasteiger partial charge in [0.1, 0.15) is 5.75 Å². The van der Waals surface area contributed by atoms with Crippen molar-refractivity contribution >= 4 is 18.3 Å². The number of ether oxygens (including phenoxy) is 1. The first-order valence-electron chi connectivity index (χ1n) is 7.21. The number of piperidine rings is 1. The highest BCUT2D eigenvalue weighted by molar-refractivity contribution is 5.85. The Bertz CT molecular complexity index is 488. The molecule has 1 aliphatic heterocycles. The van der Waals surface area contributed by atoms with Crippen LogP contribution in [-0.2, 0) is 11.3 Å². The van der Waals surface area contributed by atoms with E-state index in [1.807, 2.05) is 0 Å². The molecule has 0 saturated carbocycles. The Morgan fingerprint density at radius 2 is 1.83 bits per heavy atom. The van der Waals surface area contributed by atoms with Crippen LogP contribution in [0.5, 0.6) is 5.75 Å². The second-order valence-corrected chi connectivity index (χ2v) is 5.29. The molecule has 130 valence electrons. The van der Waals surface area contributed by atoms with Crippen LogP contribution in [0.3, 0.4) is 0 Å². The molecule has 0 atom stereocenters. The third-order valence-electron chi connectivity index (χ3n) is 3.50. The molecule has 4 nitrogen and oxygen atoms in total. The highest BCUT2D eigenvalue weighted by atomic mass is 35.5. The Kier molecular flexibility index (Phi) is 7.64. The van der Waals surface area contributed by atoms with Crippen molar-refractivity contribution in [3.63, 3.8) is 0 Å². The first-order valence-corrected chi connectivity index (χ1v) is 7.21. The van der Waals surface area contributed by atoms with Crippen LogP contribution in [0.1, 0.15) is 18.4 Å².